The Kier molecular flexibility index (Phi) is 5.87. The van der Waals surface area contributed by atoms with E-state index in [4.69, 9.17) is 14.7 Å². The number of benzene rings is 1. The van der Waals surface area contributed by atoms with Gasteiger partial charge in [-0.15, -0.1) is 0 Å². The Morgan fingerprint density at radius 1 is 1.26 bits per heavy atom. The lowest BCUT2D eigenvalue weighted by Gasteiger charge is -2.11. The molecule has 0 saturated heterocycles. The van der Waals surface area contributed by atoms with Crippen molar-refractivity contribution in [3.05, 3.63) is 30.0 Å². The summed E-state index contributed by atoms with van der Waals surface area (Å²) in [7, 11) is 3.07. The van der Waals surface area contributed by atoms with E-state index in [0.717, 1.165) is 12.8 Å². The molecule has 1 aliphatic carbocycles. The van der Waals surface area contributed by atoms with Crippen LogP contribution in [0.4, 0.5) is 5.69 Å². The fourth-order valence-corrected chi connectivity index (χ4v) is 2.55. The third-order valence-corrected chi connectivity index (χ3v) is 3.83. The van der Waals surface area contributed by atoms with Crippen LogP contribution in [0.15, 0.2) is 30.0 Å². The molecule has 6 heteroatoms. The smallest absolute Gasteiger partial charge is 0.267 e. The zero-order valence-electron chi connectivity index (χ0n) is 13.4. The average molecular weight is 315 g/mol. The number of carbonyl (C=O) groups is 1. The number of hydrogen-bond donors (Lipinski definition) is 2. The molecule has 23 heavy (non-hydrogen) atoms. The van der Waals surface area contributed by atoms with Gasteiger partial charge in [0, 0.05) is 24.0 Å². The molecular weight excluding hydrogens is 294 g/mol. The minimum absolute atomic E-state index is 0.0479. The number of rotatable bonds is 6. The highest BCUT2D eigenvalue weighted by atomic mass is 16.5. The van der Waals surface area contributed by atoms with Gasteiger partial charge in [0.2, 0.25) is 0 Å². The van der Waals surface area contributed by atoms with Crippen molar-refractivity contribution < 1.29 is 14.3 Å². The molecule has 0 unspecified atom stereocenters. The number of hydrogen-bond acceptors (Lipinski definition) is 5. The van der Waals surface area contributed by atoms with Crippen LogP contribution in [0.3, 0.4) is 0 Å². The molecule has 1 aromatic carbocycles. The molecule has 0 atom stereocenters. The summed E-state index contributed by atoms with van der Waals surface area (Å²) in [5.74, 6) is 0.631. The maximum absolute atomic E-state index is 12.2. The van der Waals surface area contributed by atoms with Gasteiger partial charge >= 0.3 is 0 Å². The summed E-state index contributed by atoms with van der Waals surface area (Å²) in [6, 6.07) is 7.32. The predicted molar refractivity (Wildman–Crippen MR) is 87.3 cm³/mol. The summed E-state index contributed by atoms with van der Waals surface area (Å²) in [6.45, 7) is 0. The fraction of sp³-hybridized carbons (Fsp3) is 0.412. The minimum Gasteiger partial charge on any atom is -0.493 e. The van der Waals surface area contributed by atoms with Gasteiger partial charge in [-0.05, 0) is 25.0 Å². The first kappa shape index (κ1) is 16.7. The monoisotopic (exact) mass is 315 g/mol. The Labute approximate surface area is 136 Å². The topological polar surface area (TPSA) is 83.4 Å². The normalized spacial score (nSPS) is 14.9. The van der Waals surface area contributed by atoms with Gasteiger partial charge in [0.15, 0.2) is 11.5 Å². The Hall–Kier alpha value is -2.68. The fourth-order valence-electron chi connectivity index (χ4n) is 2.55. The van der Waals surface area contributed by atoms with E-state index in [1.807, 2.05) is 6.07 Å². The molecule has 1 fully saturated rings. The third kappa shape index (κ3) is 4.39. The molecule has 0 spiro atoms. The molecule has 2 rings (SSSR count). The van der Waals surface area contributed by atoms with E-state index in [1.54, 1.807) is 25.3 Å². The van der Waals surface area contributed by atoms with Crippen LogP contribution < -0.4 is 20.1 Å². The third-order valence-electron chi connectivity index (χ3n) is 3.83. The van der Waals surface area contributed by atoms with Crippen molar-refractivity contribution >= 4 is 11.6 Å². The Morgan fingerprint density at radius 3 is 2.57 bits per heavy atom. The number of ether oxygens (including phenoxy) is 2. The number of carbonyl (C=O) groups excluding carboxylic acids is 1. The highest BCUT2D eigenvalue weighted by Crippen LogP contribution is 2.29. The van der Waals surface area contributed by atoms with Crippen molar-refractivity contribution in [1.82, 2.24) is 5.32 Å². The van der Waals surface area contributed by atoms with E-state index in [-0.39, 0.29) is 5.57 Å². The van der Waals surface area contributed by atoms with Crippen LogP contribution in [0.5, 0.6) is 11.5 Å². The van der Waals surface area contributed by atoms with E-state index in [9.17, 15) is 4.79 Å². The zero-order chi connectivity index (χ0) is 16.7. The quantitative estimate of drug-likeness (QED) is 0.623. The summed E-state index contributed by atoms with van der Waals surface area (Å²) in [5.41, 5.74) is 0.585. The largest absolute Gasteiger partial charge is 0.493 e. The van der Waals surface area contributed by atoms with Gasteiger partial charge in [-0.25, -0.2) is 0 Å². The SMILES string of the molecule is COc1ccc(NC(=O)/C(C#N)=C\NC2CCCC2)cc1OC. The van der Waals surface area contributed by atoms with Crippen molar-refractivity contribution in [2.75, 3.05) is 19.5 Å². The molecular formula is C17H21N3O3. The Morgan fingerprint density at radius 2 is 1.96 bits per heavy atom. The number of methoxy groups -OCH3 is 2. The van der Waals surface area contributed by atoms with Crippen LogP contribution in [0, 0.1) is 11.3 Å². The van der Waals surface area contributed by atoms with Crippen LogP contribution in [-0.4, -0.2) is 26.2 Å². The van der Waals surface area contributed by atoms with Gasteiger partial charge in [-0.3, -0.25) is 4.79 Å². The molecule has 6 nitrogen and oxygen atoms in total. The zero-order valence-corrected chi connectivity index (χ0v) is 13.4. The van der Waals surface area contributed by atoms with Crippen LogP contribution in [0.1, 0.15) is 25.7 Å². The second-order valence-electron chi connectivity index (χ2n) is 5.34. The van der Waals surface area contributed by atoms with Crippen LogP contribution in [0.2, 0.25) is 0 Å². The number of amides is 1. The molecule has 122 valence electrons. The molecule has 1 saturated carbocycles. The van der Waals surface area contributed by atoms with Crippen molar-refractivity contribution in [3.63, 3.8) is 0 Å². The lowest BCUT2D eigenvalue weighted by molar-refractivity contribution is -0.112. The van der Waals surface area contributed by atoms with Crippen LogP contribution >= 0.6 is 0 Å². The summed E-state index contributed by atoms with van der Waals surface area (Å²) in [4.78, 5) is 12.2. The second kappa shape index (κ2) is 8.08. The van der Waals surface area contributed by atoms with Gasteiger partial charge in [-0.1, -0.05) is 12.8 Å². The predicted octanol–water partition coefficient (Wildman–Crippen LogP) is 2.58. The van der Waals surface area contributed by atoms with Crippen molar-refractivity contribution in [2.24, 2.45) is 0 Å². The maximum atomic E-state index is 12.2. The summed E-state index contributed by atoms with van der Waals surface area (Å²) in [5, 5.41) is 15.0. The van der Waals surface area contributed by atoms with Crippen molar-refractivity contribution in [3.8, 4) is 17.6 Å². The minimum atomic E-state index is -0.454. The van der Waals surface area contributed by atoms with Crippen molar-refractivity contribution in [1.29, 1.82) is 5.26 Å². The summed E-state index contributed by atoms with van der Waals surface area (Å²) in [6.07, 6.45) is 6.03. The number of nitriles is 1. The standard InChI is InChI=1S/C17H21N3O3/c1-22-15-8-7-14(9-16(15)23-2)20-17(21)12(10-18)11-19-13-5-3-4-6-13/h7-9,11,13,19H,3-6H2,1-2H3,(H,20,21)/b12-11-. The first-order valence-corrected chi connectivity index (χ1v) is 7.57. The molecule has 0 heterocycles. The van der Waals surface area contributed by atoms with E-state index >= 15 is 0 Å². The molecule has 0 aliphatic heterocycles. The number of nitrogens with zero attached hydrogens (tertiary/aromatic N) is 1. The Bertz CT molecular complexity index is 628. The second-order valence-corrected chi connectivity index (χ2v) is 5.34. The van der Waals surface area contributed by atoms with E-state index in [2.05, 4.69) is 10.6 Å². The van der Waals surface area contributed by atoms with Gasteiger partial charge < -0.3 is 20.1 Å². The highest BCUT2D eigenvalue weighted by molar-refractivity contribution is 6.06. The lowest BCUT2D eigenvalue weighted by Crippen LogP contribution is -2.23. The first-order chi connectivity index (χ1) is 11.2. The molecule has 2 N–H and O–H groups in total. The van der Waals surface area contributed by atoms with E-state index in [0.29, 0.717) is 23.2 Å². The summed E-state index contributed by atoms with van der Waals surface area (Å²) >= 11 is 0. The van der Waals surface area contributed by atoms with Crippen LogP contribution in [-0.2, 0) is 4.79 Å². The molecule has 0 bridgehead atoms. The average Bonchev–Trinajstić information content (AvgIpc) is 3.08. The first-order valence-electron chi connectivity index (χ1n) is 7.57. The lowest BCUT2D eigenvalue weighted by atomic mass is 10.2. The Balaban J connectivity index is 2.04. The van der Waals surface area contributed by atoms with E-state index in [1.165, 1.54) is 26.2 Å². The molecule has 1 aliphatic rings. The number of anilines is 1. The van der Waals surface area contributed by atoms with Gasteiger partial charge in [0.25, 0.3) is 5.91 Å². The van der Waals surface area contributed by atoms with E-state index < -0.39 is 5.91 Å². The van der Waals surface area contributed by atoms with Gasteiger partial charge in [0.1, 0.15) is 11.6 Å². The molecule has 0 radical (unpaired) electrons. The van der Waals surface area contributed by atoms with Crippen LogP contribution in [0.25, 0.3) is 0 Å². The number of nitrogens with one attached hydrogen (secondary N) is 2. The highest BCUT2D eigenvalue weighted by Gasteiger charge is 2.15. The maximum Gasteiger partial charge on any atom is 0.267 e. The van der Waals surface area contributed by atoms with Crippen molar-refractivity contribution in [2.45, 2.75) is 31.7 Å². The summed E-state index contributed by atoms with van der Waals surface area (Å²) < 4.78 is 10.3. The molecule has 0 aromatic heterocycles. The van der Waals surface area contributed by atoms with Gasteiger partial charge in [0.05, 0.1) is 14.2 Å². The molecule has 1 aromatic rings. The van der Waals surface area contributed by atoms with Gasteiger partial charge in [-0.2, -0.15) is 5.26 Å². The molecule has 1 amide bonds.